The van der Waals surface area contributed by atoms with Crippen molar-refractivity contribution in [3.8, 4) is 0 Å². The van der Waals surface area contributed by atoms with E-state index < -0.39 is 5.97 Å². The molecule has 1 aliphatic rings. The summed E-state index contributed by atoms with van der Waals surface area (Å²) in [6.45, 7) is 2.10. The molecule has 0 radical (unpaired) electrons. The molecule has 2 heterocycles. The molecule has 0 bridgehead atoms. The monoisotopic (exact) mass is 492 g/mol. The highest BCUT2D eigenvalue weighted by molar-refractivity contribution is 7.99. The van der Waals surface area contributed by atoms with Gasteiger partial charge < -0.3 is 10.0 Å². The minimum absolute atomic E-state index is 0.179. The van der Waals surface area contributed by atoms with Crippen LogP contribution in [0.2, 0.25) is 5.02 Å². The van der Waals surface area contributed by atoms with Crippen molar-refractivity contribution >= 4 is 73.7 Å². The van der Waals surface area contributed by atoms with Gasteiger partial charge in [-0.2, -0.15) is 0 Å². The van der Waals surface area contributed by atoms with E-state index in [2.05, 4.69) is 4.90 Å². The first-order valence-electron chi connectivity index (χ1n) is 10.1. The Labute approximate surface area is 199 Å². The van der Waals surface area contributed by atoms with Crippen molar-refractivity contribution in [1.29, 1.82) is 0 Å². The molecule has 1 fully saturated rings. The molecule has 3 aromatic rings. The summed E-state index contributed by atoms with van der Waals surface area (Å²) in [4.78, 5) is 19.2. The number of hydrogen-bond donors (Lipinski definition) is 1. The molecule has 4 nitrogen and oxygen atoms in total. The molecule has 162 valence electrons. The number of thioether (sulfide) groups is 1. The summed E-state index contributed by atoms with van der Waals surface area (Å²) in [7, 11) is 0. The van der Waals surface area contributed by atoms with E-state index in [1.165, 1.54) is 30.2 Å². The number of fused-ring (bicyclic) bond motifs is 1. The van der Waals surface area contributed by atoms with E-state index in [-0.39, 0.29) is 5.03 Å². The number of thiazole rings is 1. The molecule has 8 heteroatoms. The predicted molar refractivity (Wildman–Crippen MR) is 133 cm³/mol. The fourth-order valence-corrected chi connectivity index (χ4v) is 6.08. The van der Waals surface area contributed by atoms with Crippen LogP contribution in [-0.2, 0) is 4.79 Å². The topological polar surface area (TPSA) is 53.4 Å². The molecule has 0 amide bonds. The molecule has 2 aromatic carbocycles. The lowest BCUT2D eigenvalue weighted by molar-refractivity contribution is -0.131. The minimum Gasteiger partial charge on any atom is -0.477 e. The van der Waals surface area contributed by atoms with Crippen LogP contribution in [0.1, 0.15) is 24.8 Å². The molecular weight excluding hydrogens is 471 g/mol. The number of hydrogen-bond acceptors (Lipinski definition) is 5. The number of carboxylic acids is 1. The maximum atomic E-state index is 10.8. The van der Waals surface area contributed by atoms with Crippen molar-refractivity contribution in [2.75, 3.05) is 23.7 Å². The average molecular weight is 493 g/mol. The number of carboxylic acid groups (broad SMARTS) is 1. The van der Waals surface area contributed by atoms with Gasteiger partial charge in [-0.15, -0.1) is 11.8 Å². The van der Waals surface area contributed by atoms with Crippen LogP contribution in [0.3, 0.4) is 0 Å². The van der Waals surface area contributed by atoms with E-state index in [1.54, 1.807) is 11.3 Å². The summed E-state index contributed by atoms with van der Waals surface area (Å²) in [5.74, 6) is 0.706. The van der Waals surface area contributed by atoms with Crippen molar-refractivity contribution in [1.82, 2.24) is 4.98 Å². The van der Waals surface area contributed by atoms with Crippen LogP contribution in [0.4, 0.5) is 5.13 Å². The average Bonchev–Trinajstić information content (AvgIpc) is 3.18. The molecular formula is C23H22Cl2N2O2S2. The van der Waals surface area contributed by atoms with Crippen LogP contribution in [-0.4, -0.2) is 34.9 Å². The smallest absolute Gasteiger partial charge is 0.347 e. The van der Waals surface area contributed by atoms with Crippen molar-refractivity contribution in [2.45, 2.75) is 24.2 Å². The Kier molecular flexibility index (Phi) is 7.43. The number of anilines is 1. The van der Waals surface area contributed by atoms with E-state index in [0.717, 1.165) is 50.7 Å². The Morgan fingerprint density at radius 3 is 2.68 bits per heavy atom. The molecule has 1 aliphatic heterocycles. The van der Waals surface area contributed by atoms with Crippen molar-refractivity contribution < 1.29 is 9.90 Å². The maximum Gasteiger partial charge on any atom is 0.347 e. The highest BCUT2D eigenvalue weighted by Crippen LogP contribution is 2.34. The Bertz CT molecular complexity index is 1090. The zero-order chi connectivity index (χ0) is 21.8. The third kappa shape index (κ3) is 5.95. The van der Waals surface area contributed by atoms with Gasteiger partial charge in [0.15, 0.2) is 5.13 Å². The third-order valence-electron chi connectivity index (χ3n) is 5.40. The van der Waals surface area contributed by atoms with Gasteiger partial charge in [0.05, 0.1) is 10.2 Å². The molecule has 1 N–H and O–H groups in total. The minimum atomic E-state index is -1.11. The number of aliphatic carboxylic acids is 1. The van der Waals surface area contributed by atoms with Gasteiger partial charge in [0.25, 0.3) is 0 Å². The molecule has 1 saturated heterocycles. The lowest BCUT2D eigenvalue weighted by Crippen LogP contribution is -2.33. The lowest BCUT2D eigenvalue weighted by Gasteiger charge is -2.31. The van der Waals surface area contributed by atoms with Crippen molar-refractivity contribution in [3.63, 3.8) is 0 Å². The predicted octanol–water partition coefficient (Wildman–Crippen LogP) is 7.01. The van der Waals surface area contributed by atoms with Crippen LogP contribution in [0.25, 0.3) is 16.3 Å². The lowest BCUT2D eigenvalue weighted by atomic mass is 9.95. The molecule has 0 atom stereocenters. The second-order valence-electron chi connectivity index (χ2n) is 7.54. The van der Waals surface area contributed by atoms with Gasteiger partial charge in [0.2, 0.25) is 0 Å². The summed E-state index contributed by atoms with van der Waals surface area (Å²) >= 11 is 15.3. The van der Waals surface area contributed by atoms with Crippen LogP contribution < -0.4 is 4.90 Å². The van der Waals surface area contributed by atoms with Crippen molar-refractivity contribution in [2.24, 2.45) is 5.92 Å². The third-order valence-corrected chi connectivity index (χ3v) is 8.03. The Balaban J connectivity index is 1.23. The Hall–Kier alpha value is -1.73. The second-order valence-corrected chi connectivity index (χ2v) is 10.6. The van der Waals surface area contributed by atoms with E-state index in [9.17, 15) is 4.79 Å². The summed E-state index contributed by atoms with van der Waals surface area (Å²) in [5.41, 5.74) is 1.82. The zero-order valence-electron chi connectivity index (χ0n) is 16.8. The second kappa shape index (κ2) is 10.3. The first-order valence-corrected chi connectivity index (χ1v) is 12.7. The number of aromatic nitrogens is 1. The molecule has 4 rings (SSSR count). The Morgan fingerprint density at radius 2 is 1.97 bits per heavy atom. The number of carbonyl (C=O) groups is 1. The van der Waals surface area contributed by atoms with Crippen LogP contribution in [0.15, 0.2) is 52.4 Å². The summed E-state index contributed by atoms with van der Waals surface area (Å²) in [6, 6.07) is 13.7. The van der Waals surface area contributed by atoms with Gasteiger partial charge in [-0.1, -0.05) is 46.7 Å². The number of benzene rings is 2. The van der Waals surface area contributed by atoms with Gasteiger partial charge in [0, 0.05) is 23.0 Å². The Morgan fingerprint density at radius 1 is 1.23 bits per heavy atom. The van der Waals surface area contributed by atoms with E-state index in [0.29, 0.717) is 0 Å². The van der Waals surface area contributed by atoms with Crippen LogP contribution in [0, 0.1) is 5.92 Å². The molecule has 0 saturated carbocycles. The molecule has 1 aromatic heterocycles. The molecule has 0 spiro atoms. The highest BCUT2D eigenvalue weighted by Gasteiger charge is 2.21. The number of rotatable bonds is 7. The van der Waals surface area contributed by atoms with Gasteiger partial charge in [-0.05, 0) is 72.9 Å². The molecule has 0 unspecified atom stereocenters. The summed E-state index contributed by atoms with van der Waals surface area (Å²) < 4.78 is 1.15. The fourth-order valence-electron chi connectivity index (χ4n) is 3.65. The van der Waals surface area contributed by atoms with Gasteiger partial charge in [-0.3, -0.25) is 0 Å². The number of nitrogens with zero attached hydrogens (tertiary/aromatic N) is 2. The normalized spacial score (nSPS) is 15.5. The number of halogens is 2. The fraction of sp³-hybridized carbons (Fsp3) is 0.304. The maximum absolute atomic E-state index is 10.8. The van der Waals surface area contributed by atoms with Gasteiger partial charge in [-0.25, -0.2) is 9.78 Å². The zero-order valence-corrected chi connectivity index (χ0v) is 19.9. The molecule has 31 heavy (non-hydrogen) atoms. The van der Waals surface area contributed by atoms with Gasteiger partial charge in [0.1, 0.15) is 5.03 Å². The first kappa shape index (κ1) is 22.5. The summed E-state index contributed by atoms with van der Waals surface area (Å²) in [5, 5.41) is 10.5. The van der Waals surface area contributed by atoms with Gasteiger partial charge >= 0.3 is 5.97 Å². The largest absolute Gasteiger partial charge is 0.477 e. The standard InChI is InChI=1S/C23H22Cl2N2O2S2/c24-17-3-6-20-21(14-17)31-23(26-20)27-10-7-15(8-11-27)9-12-30-18-4-1-16(2-5-18)13-19(25)22(28)29/h1-6,13-15H,7-12H2,(H,28,29). The SMILES string of the molecule is O=C(O)C(Cl)=Cc1ccc(SCCC2CCN(c3nc4ccc(Cl)cc4s3)CC2)cc1. The van der Waals surface area contributed by atoms with Crippen LogP contribution >= 0.6 is 46.3 Å². The van der Waals surface area contributed by atoms with E-state index in [4.69, 9.17) is 33.3 Å². The molecule has 0 aliphatic carbocycles. The quantitative estimate of drug-likeness (QED) is 0.283. The first-order chi connectivity index (χ1) is 15.0. The summed E-state index contributed by atoms with van der Waals surface area (Å²) in [6.07, 6.45) is 5.04. The van der Waals surface area contributed by atoms with E-state index >= 15 is 0 Å². The van der Waals surface area contributed by atoms with Crippen LogP contribution in [0.5, 0.6) is 0 Å². The highest BCUT2D eigenvalue weighted by atomic mass is 35.5. The number of piperidine rings is 1. The van der Waals surface area contributed by atoms with E-state index in [1.807, 2.05) is 54.2 Å². The van der Waals surface area contributed by atoms with Crippen molar-refractivity contribution in [3.05, 3.63) is 58.1 Å².